The zero-order valence-corrected chi connectivity index (χ0v) is 12.8. The highest BCUT2D eigenvalue weighted by molar-refractivity contribution is 7.87. The summed E-state index contributed by atoms with van der Waals surface area (Å²) < 4.78 is 46.9. The molecule has 0 radical (unpaired) electrons. The van der Waals surface area contributed by atoms with E-state index < -0.39 is 26.8 Å². The first kappa shape index (κ1) is 16.3. The summed E-state index contributed by atoms with van der Waals surface area (Å²) in [5, 5.41) is -0.324. The van der Waals surface area contributed by atoms with Gasteiger partial charge in [0.05, 0.1) is 12.1 Å². The number of rotatable bonds is 4. The van der Waals surface area contributed by atoms with Crippen LogP contribution >= 0.6 is 11.6 Å². The van der Waals surface area contributed by atoms with Crippen LogP contribution in [-0.4, -0.2) is 21.5 Å². The van der Waals surface area contributed by atoms with Crippen LogP contribution in [-0.2, 0) is 14.9 Å². The minimum absolute atomic E-state index is 0.0631. The molecule has 0 heterocycles. The number of carbonyl (C=O) groups is 1. The van der Waals surface area contributed by atoms with Gasteiger partial charge < -0.3 is 8.92 Å². The summed E-state index contributed by atoms with van der Waals surface area (Å²) in [5.74, 6) is -1.65. The average Bonchev–Trinajstić information content (AvgIpc) is 2.46. The first-order valence-electron chi connectivity index (χ1n) is 5.92. The van der Waals surface area contributed by atoms with Crippen LogP contribution < -0.4 is 4.18 Å². The average molecular weight is 345 g/mol. The number of methoxy groups -OCH3 is 1. The summed E-state index contributed by atoms with van der Waals surface area (Å²) >= 11 is 5.72. The lowest BCUT2D eigenvalue weighted by Crippen LogP contribution is -2.13. The summed E-state index contributed by atoms with van der Waals surface area (Å²) in [7, 11) is -3.17. The van der Waals surface area contributed by atoms with E-state index in [-0.39, 0.29) is 16.3 Å². The molecule has 116 valence electrons. The fourth-order valence-corrected chi connectivity index (χ4v) is 3.11. The SMILES string of the molecule is COC(=O)c1ccccc1OS(=O)(=O)c1ccc(F)cc1Cl. The lowest BCUT2D eigenvalue weighted by atomic mass is 10.2. The molecule has 2 aromatic rings. The third kappa shape index (κ3) is 3.37. The van der Waals surface area contributed by atoms with E-state index in [1.165, 1.54) is 24.3 Å². The maximum absolute atomic E-state index is 13.0. The van der Waals surface area contributed by atoms with Crippen LogP contribution in [0.4, 0.5) is 4.39 Å². The Balaban J connectivity index is 2.44. The Bertz CT molecular complexity index is 820. The molecule has 0 aliphatic rings. The zero-order chi connectivity index (χ0) is 16.3. The van der Waals surface area contributed by atoms with Gasteiger partial charge in [0.15, 0.2) is 5.75 Å². The van der Waals surface area contributed by atoms with Gasteiger partial charge in [0, 0.05) is 0 Å². The predicted octanol–water partition coefficient (Wildman–Crippen LogP) is 3.03. The van der Waals surface area contributed by atoms with E-state index in [4.69, 9.17) is 15.8 Å². The van der Waals surface area contributed by atoms with Gasteiger partial charge >= 0.3 is 16.1 Å². The molecule has 2 aromatic carbocycles. The van der Waals surface area contributed by atoms with Crippen LogP contribution in [0.5, 0.6) is 5.75 Å². The van der Waals surface area contributed by atoms with Crippen molar-refractivity contribution in [1.29, 1.82) is 0 Å². The van der Waals surface area contributed by atoms with Crippen molar-refractivity contribution in [2.24, 2.45) is 0 Å². The molecule has 0 atom stereocenters. The first-order chi connectivity index (χ1) is 10.3. The molecular formula is C14H10ClFO5S. The van der Waals surface area contributed by atoms with Gasteiger partial charge in [-0.3, -0.25) is 0 Å². The zero-order valence-electron chi connectivity index (χ0n) is 11.2. The Morgan fingerprint density at radius 2 is 1.86 bits per heavy atom. The number of hydrogen-bond acceptors (Lipinski definition) is 5. The predicted molar refractivity (Wildman–Crippen MR) is 77.0 cm³/mol. The number of hydrogen-bond donors (Lipinski definition) is 0. The molecule has 2 rings (SSSR count). The molecule has 0 bridgehead atoms. The fraction of sp³-hybridized carbons (Fsp3) is 0.0714. The maximum Gasteiger partial charge on any atom is 0.341 e. The molecule has 0 saturated carbocycles. The molecular weight excluding hydrogens is 335 g/mol. The van der Waals surface area contributed by atoms with Crippen molar-refractivity contribution >= 4 is 27.7 Å². The van der Waals surface area contributed by atoms with Crippen molar-refractivity contribution in [3.63, 3.8) is 0 Å². The number of benzene rings is 2. The van der Waals surface area contributed by atoms with Crippen LogP contribution in [0, 0.1) is 5.82 Å². The molecule has 0 aliphatic heterocycles. The maximum atomic E-state index is 13.0. The Morgan fingerprint density at radius 3 is 2.50 bits per heavy atom. The fourth-order valence-electron chi connectivity index (χ4n) is 1.66. The second kappa shape index (κ2) is 6.33. The van der Waals surface area contributed by atoms with Gasteiger partial charge in [0.1, 0.15) is 16.3 Å². The van der Waals surface area contributed by atoms with Crippen LogP contribution in [0.1, 0.15) is 10.4 Å². The van der Waals surface area contributed by atoms with Crippen LogP contribution in [0.2, 0.25) is 5.02 Å². The Kier molecular flexibility index (Phi) is 4.68. The van der Waals surface area contributed by atoms with E-state index in [1.54, 1.807) is 0 Å². The smallest absolute Gasteiger partial charge is 0.341 e. The van der Waals surface area contributed by atoms with Crippen LogP contribution in [0.25, 0.3) is 0 Å². The number of para-hydroxylation sites is 1. The van der Waals surface area contributed by atoms with Crippen molar-refractivity contribution in [2.45, 2.75) is 4.90 Å². The standard InChI is InChI=1S/C14H10ClFO5S/c1-20-14(17)10-4-2-3-5-12(10)21-22(18,19)13-7-6-9(16)8-11(13)15/h2-8H,1H3. The largest absolute Gasteiger partial charge is 0.465 e. The normalized spacial score (nSPS) is 11.0. The molecule has 0 aromatic heterocycles. The van der Waals surface area contributed by atoms with Gasteiger partial charge in [-0.1, -0.05) is 23.7 Å². The molecule has 5 nitrogen and oxygen atoms in total. The Labute approximate surface area is 131 Å². The Hall–Kier alpha value is -2.12. The third-order valence-corrected chi connectivity index (χ3v) is 4.37. The van der Waals surface area contributed by atoms with Gasteiger partial charge in [-0.25, -0.2) is 9.18 Å². The minimum Gasteiger partial charge on any atom is -0.465 e. The summed E-state index contributed by atoms with van der Waals surface area (Å²) in [6.07, 6.45) is 0. The van der Waals surface area contributed by atoms with E-state index in [0.717, 1.165) is 25.3 Å². The molecule has 0 fully saturated rings. The Morgan fingerprint density at radius 1 is 1.18 bits per heavy atom. The number of esters is 1. The van der Waals surface area contributed by atoms with Crippen molar-refractivity contribution in [1.82, 2.24) is 0 Å². The van der Waals surface area contributed by atoms with Crippen LogP contribution in [0.3, 0.4) is 0 Å². The van der Waals surface area contributed by atoms with E-state index >= 15 is 0 Å². The molecule has 8 heteroatoms. The first-order valence-corrected chi connectivity index (χ1v) is 7.70. The molecule has 0 spiro atoms. The highest BCUT2D eigenvalue weighted by Crippen LogP contribution is 2.27. The summed E-state index contributed by atoms with van der Waals surface area (Å²) in [6, 6.07) is 8.43. The van der Waals surface area contributed by atoms with E-state index in [9.17, 15) is 17.6 Å². The summed E-state index contributed by atoms with van der Waals surface area (Å²) in [5.41, 5.74) is -0.0631. The summed E-state index contributed by atoms with van der Waals surface area (Å²) in [6.45, 7) is 0. The third-order valence-electron chi connectivity index (χ3n) is 2.66. The lowest BCUT2D eigenvalue weighted by Gasteiger charge is -2.11. The molecule has 0 aliphatic carbocycles. The van der Waals surface area contributed by atoms with Gasteiger partial charge in [-0.05, 0) is 30.3 Å². The van der Waals surface area contributed by atoms with Crippen LogP contribution in [0.15, 0.2) is 47.4 Å². The highest BCUT2D eigenvalue weighted by Gasteiger charge is 2.23. The second-order valence-electron chi connectivity index (χ2n) is 4.10. The quantitative estimate of drug-likeness (QED) is 0.630. The van der Waals surface area contributed by atoms with E-state index in [1.807, 2.05) is 0 Å². The van der Waals surface area contributed by atoms with Gasteiger partial charge in [0.25, 0.3) is 0 Å². The van der Waals surface area contributed by atoms with Crippen molar-refractivity contribution in [3.8, 4) is 5.75 Å². The number of carbonyl (C=O) groups excluding carboxylic acids is 1. The van der Waals surface area contributed by atoms with Gasteiger partial charge in [-0.2, -0.15) is 8.42 Å². The van der Waals surface area contributed by atoms with E-state index in [0.29, 0.717) is 0 Å². The monoisotopic (exact) mass is 344 g/mol. The second-order valence-corrected chi connectivity index (χ2v) is 6.02. The van der Waals surface area contributed by atoms with Crippen molar-refractivity contribution in [3.05, 3.63) is 58.9 Å². The minimum atomic E-state index is -4.33. The lowest BCUT2D eigenvalue weighted by molar-refractivity contribution is 0.0599. The summed E-state index contributed by atoms with van der Waals surface area (Å²) in [4.78, 5) is 11.2. The topological polar surface area (TPSA) is 69.7 Å². The molecule has 0 amide bonds. The van der Waals surface area contributed by atoms with Gasteiger partial charge in [0.2, 0.25) is 0 Å². The number of halogens is 2. The molecule has 0 unspecified atom stereocenters. The number of ether oxygens (including phenoxy) is 1. The van der Waals surface area contributed by atoms with E-state index in [2.05, 4.69) is 4.74 Å². The molecule has 22 heavy (non-hydrogen) atoms. The molecule has 0 N–H and O–H groups in total. The van der Waals surface area contributed by atoms with Gasteiger partial charge in [-0.15, -0.1) is 0 Å². The van der Waals surface area contributed by atoms with Crippen molar-refractivity contribution in [2.75, 3.05) is 7.11 Å². The highest BCUT2D eigenvalue weighted by atomic mass is 35.5. The van der Waals surface area contributed by atoms with Crippen molar-refractivity contribution < 1.29 is 26.5 Å². The molecule has 0 saturated heterocycles.